The number of hydrogen-bond donors (Lipinski definition) is 0. The molecule has 0 atom stereocenters. The molecule has 84 heavy (non-hydrogen) atoms. The van der Waals surface area contributed by atoms with Crippen LogP contribution in [0.2, 0.25) is 0 Å². The Hall–Kier alpha value is -10.9. The fourth-order valence-corrected chi connectivity index (χ4v) is 14.1. The van der Waals surface area contributed by atoms with Crippen molar-refractivity contribution in [2.45, 2.75) is 0 Å². The van der Waals surface area contributed by atoms with Crippen molar-refractivity contribution in [3.8, 4) is 61.3 Å². The van der Waals surface area contributed by atoms with Gasteiger partial charge in [0.1, 0.15) is 0 Å². The first-order valence-electron chi connectivity index (χ1n) is 29.1. The number of fused-ring (bicyclic) bond motifs is 9. The lowest BCUT2D eigenvalue weighted by molar-refractivity contribution is 1.16. The fourth-order valence-electron chi connectivity index (χ4n) is 14.1. The molecular formula is C80H52BN3. The molecule has 3 nitrogen and oxygen atoms in total. The number of nitrogens with zero attached hydrogens (tertiary/aromatic N) is 3. The molecule has 2 aliphatic rings. The Morgan fingerprint density at radius 2 is 0.583 bits per heavy atom. The van der Waals surface area contributed by atoms with E-state index < -0.39 is 0 Å². The third kappa shape index (κ3) is 7.54. The molecule has 4 heteroatoms. The maximum Gasteiger partial charge on any atom is 0.252 e. The van der Waals surface area contributed by atoms with Crippen molar-refractivity contribution < 1.29 is 0 Å². The second-order valence-corrected chi connectivity index (χ2v) is 22.3. The Morgan fingerprint density at radius 3 is 1.07 bits per heavy atom. The van der Waals surface area contributed by atoms with Crippen LogP contribution in [0, 0.1) is 0 Å². The molecule has 2 aliphatic heterocycles. The van der Waals surface area contributed by atoms with Gasteiger partial charge in [-0.2, -0.15) is 0 Å². The smallest absolute Gasteiger partial charge is 0.252 e. The molecule has 0 spiro atoms. The highest BCUT2D eigenvalue weighted by Crippen LogP contribution is 2.50. The van der Waals surface area contributed by atoms with Crippen LogP contribution in [0.25, 0.3) is 105 Å². The summed E-state index contributed by atoms with van der Waals surface area (Å²) in [7, 11) is 0. The maximum atomic E-state index is 2.59. The van der Waals surface area contributed by atoms with Crippen molar-refractivity contribution in [3.63, 3.8) is 0 Å². The SMILES string of the molecule is c1ccc(-c2ccc(N3c4ccc(-c5ccccc5)cc4B4c5ccc(-c6c7ccccc7c(-c7ccccc7)c7ccccc67)cc5N(c5ccc(-c6ccccc6)cc5)c5cc(-n6c7ccccc7c7ccccc76)cc3c54)cc2)cc1. The van der Waals surface area contributed by atoms with Crippen LogP contribution < -0.4 is 26.2 Å². The summed E-state index contributed by atoms with van der Waals surface area (Å²) in [5.74, 6) is 0. The molecule has 17 rings (SSSR count). The van der Waals surface area contributed by atoms with Crippen molar-refractivity contribution in [1.82, 2.24) is 4.57 Å². The molecule has 0 amide bonds. The minimum Gasteiger partial charge on any atom is -0.311 e. The highest BCUT2D eigenvalue weighted by atomic mass is 15.2. The van der Waals surface area contributed by atoms with Crippen LogP contribution >= 0.6 is 0 Å². The van der Waals surface area contributed by atoms with E-state index in [1.165, 1.54) is 115 Å². The van der Waals surface area contributed by atoms with E-state index in [1.807, 2.05) is 0 Å². The lowest BCUT2D eigenvalue weighted by atomic mass is 9.33. The number of aromatic nitrogens is 1. The van der Waals surface area contributed by atoms with E-state index in [-0.39, 0.29) is 6.71 Å². The predicted octanol–water partition coefficient (Wildman–Crippen LogP) is 19.5. The van der Waals surface area contributed by atoms with Crippen LogP contribution in [-0.2, 0) is 0 Å². The lowest BCUT2D eigenvalue weighted by Gasteiger charge is -2.44. The molecule has 0 saturated carbocycles. The topological polar surface area (TPSA) is 11.4 Å². The molecular weight excluding hydrogens is 1010 g/mol. The molecule has 15 aromatic rings. The van der Waals surface area contributed by atoms with Gasteiger partial charge in [-0.05, 0) is 154 Å². The molecule has 0 unspecified atom stereocenters. The van der Waals surface area contributed by atoms with Crippen LogP contribution in [-0.4, -0.2) is 11.3 Å². The summed E-state index contributed by atoms with van der Waals surface area (Å²) in [5, 5.41) is 7.38. The minimum absolute atomic E-state index is 0.140. The number of hydrogen-bond acceptors (Lipinski definition) is 2. The van der Waals surface area contributed by atoms with Gasteiger partial charge >= 0.3 is 0 Å². The van der Waals surface area contributed by atoms with Crippen LogP contribution in [0.5, 0.6) is 0 Å². The van der Waals surface area contributed by atoms with Crippen LogP contribution in [0.3, 0.4) is 0 Å². The number of anilines is 6. The number of benzene rings is 14. The first-order valence-corrected chi connectivity index (χ1v) is 29.1. The second-order valence-electron chi connectivity index (χ2n) is 22.3. The average molecular weight is 1070 g/mol. The van der Waals surface area contributed by atoms with Gasteiger partial charge in [0, 0.05) is 44.9 Å². The predicted molar refractivity (Wildman–Crippen MR) is 357 cm³/mol. The van der Waals surface area contributed by atoms with Crippen molar-refractivity contribution in [2.24, 2.45) is 0 Å². The molecule has 14 aromatic carbocycles. The van der Waals surface area contributed by atoms with Gasteiger partial charge in [0.25, 0.3) is 6.71 Å². The van der Waals surface area contributed by atoms with Crippen molar-refractivity contribution in [2.75, 3.05) is 9.80 Å². The molecule has 0 saturated heterocycles. The zero-order valence-corrected chi connectivity index (χ0v) is 45.9. The van der Waals surface area contributed by atoms with E-state index in [2.05, 4.69) is 330 Å². The van der Waals surface area contributed by atoms with Gasteiger partial charge in [-0.15, -0.1) is 0 Å². The third-order valence-electron chi connectivity index (χ3n) is 17.7. The first-order chi connectivity index (χ1) is 41.7. The lowest BCUT2D eigenvalue weighted by Crippen LogP contribution is -2.61. The molecule has 1 aromatic heterocycles. The Morgan fingerprint density at radius 1 is 0.214 bits per heavy atom. The molecule has 0 aliphatic carbocycles. The average Bonchev–Trinajstić information content (AvgIpc) is 1.29. The standard InChI is InChI=1S/C80H52BN3/c1-5-21-53(22-6-1)56-37-43-61(44-38-56)82-74-48-42-59(55-25-9-3-10-26-55)49-71(74)81-70-47-41-60(79-68-33-15-13-31-66(68)78(58-27-11-4-12-28-58)67-32-14-16-34-69(67)79)50-75(70)83(62-45-39-57(40-46-62)54-23-7-2-8-24-54)77-52-63(51-76(82)80(77)81)84-72-35-19-17-29-64(72)65-30-18-20-36-73(65)84/h1-52H. The Labute approximate surface area is 488 Å². The van der Waals surface area contributed by atoms with Crippen LogP contribution in [0.15, 0.2) is 315 Å². The van der Waals surface area contributed by atoms with Gasteiger partial charge in [0.15, 0.2) is 0 Å². The summed E-state index contributed by atoms with van der Waals surface area (Å²) in [4.78, 5) is 5.14. The second kappa shape index (κ2) is 19.4. The Kier molecular flexibility index (Phi) is 11.0. The summed E-state index contributed by atoms with van der Waals surface area (Å²) >= 11 is 0. The quantitative estimate of drug-likeness (QED) is 0.111. The summed E-state index contributed by atoms with van der Waals surface area (Å²) in [6.07, 6.45) is 0. The zero-order valence-electron chi connectivity index (χ0n) is 45.9. The molecule has 0 N–H and O–H groups in total. The zero-order chi connectivity index (χ0) is 55.2. The van der Waals surface area contributed by atoms with E-state index in [0.29, 0.717) is 0 Å². The fraction of sp³-hybridized carbons (Fsp3) is 0. The summed E-state index contributed by atoms with van der Waals surface area (Å²) < 4.78 is 2.50. The molecule has 0 bridgehead atoms. The van der Waals surface area contributed by atoms with Gasteiger partial charge in [0.05, 0.1) is 16.7 Å². The van der Waals surface area contributed by atoms with E-state index in [0.717, 1.165) is 39.8 Å². The van der Waals surface area contributed by atoms with Gasteiger partial charge < -0.3 is 14.4 Å². The van der Waals surface area contributed by atoms with Crippen molar-refractivity contribution in [1.29, 1.82) is 0 Å². The summed E-state index contributed by atoms with van der Waals surface area (Å²) in [6, 6.07) is 117. The van der Waals surface area contributed by atoms with Gasteiger partial charge in [-0.3, -0.25) is 0 Å². The Balaban J connectivity index is 0.987. The first kappa shape index (κ1) is 47.8. The minimum atomic E-state index is -0.140. The van der Waals surface area contributed by atoms with Gasteiger partial charge in [-0.1, -0.05) is 255 Å². The molecule has 0 radical (unpaired) electrons. The van der Waals surface area contributed by atoms with Gasteiger partial charge in [0.2, 0.25) is 0 Å². The van der Waals surface area contributed by atoms with Crippen LogP contribution in [0.1, 0.15) is 0 Å². The monoisotopic (exact) mass is 1070 g/mol. The highest BCUT2D eigenvalue weighted by molar-refractivity contribution is 7.00. The molecule has 390 valence electrons. The molecule has 0 fully saturated rings. The Bertz CT molecular complexity index is 4950. The summed E-state index contributed by atoms with van der Waals surface area (Å²) in [5.41, 5.74) is 26.0. The van der Waals surface area contributed by atoms with E-state index in [4.69, 9.17) is 0 Å². The number of rotatable bonds is 8. The van der Waals surface area contributed by atoms with E-state index >= 15 is 0 Å². The van der Waals surface area contributed by atoms with Crippen LogP contribution in [0.4, 0.5) is 34.1 Å². The largest absolute Gasteiger partial charge is 0.311 e. The normalized spacial score (nSPS) is 12.5. The van der Waals surface area contributed by atoms with Gasteiger partial charge in [-0.25, -0.2) is 0 Å². The maximum absolute atomic E-state index is 2.59. The van der Waals surface area contributed by atoms with Crippen molar-refractivity contribution in [3.05, 3.63) is 315 Å². The molecule has 3 heterocycles. The summed E-state index contributed by atoms with van der Waals surface area (Å²) in [6.45, 7) is -0.140. The third-order valence-corrected chi connectivity index (χ3v) is 17.7. The van der Waals surface area contributed by atoms with E-state index in [1.54, 1.807) is 0 Å². The number of para-hydroxylation sites is 2. The highest BCUT2D eigenvalue weighted by Gasteiger charge is 2.44. The van der Waals surface area contributed by atoms with E-state index in [9.17, 15) is 0 Å². The van der Waals surface area contributed by atoms with Crippen molar-refractivity contribution >= 4 is 101 Å².